The summed E-state index contributed by atoms with van der Waals surface area (Å²) in [6, 6.07) is 5.77. The fourth-order valence-electron chi connectivity index (χ4n) is 3.16. The molecule has 1 aliphatic rings. The predicted molar refractivity (Wildman–Crippen MR) is 97.8 cm³/mol. The number of carbonyl (C=O) groups excluding carboxylic acids is 1. The first-order chi connectivity index (χ1) is 14.1. The Morgan fingerprint density at radius 3 is 2.57 bits per heavy atom. The summed E-state index contributed by atoms with van der Waals surface area (Å²) in [6.45, 7) is 1.72. The van der Waals surface area contributed by atoms with Gasteiger partial charge in [-0.3, -0.25) is 4.79 Å². The number of fused-ring (bicyclic) bond motifs is 1. The summed E-state index contributed by atoms with van der Waals surface area (Å²) in [4.78, 5) is 34.5. The lowest BCUT2D eigenvalue weighted by molar-refractivity contribution is -0.226. The highest BCUT2D eigenvalue weighted by atomic mass is 16.7. The predicted octanol–water partition coefficient (Wildman–Crippen LogP) is -1.31. The van der Waals surface area contributed by atoms with E-state index in [9.17, 15) is 34.8 Å². The second-order valence-electron chi connectivity index (χ2n) is 6.96. The lowest BCUT2D eigenvalue weighted by atomic mass is 9.94. The molecular weight excluding hydrogens is 404 g/mol. The summed E-state index contributed by atoms with van der Waals surface area (Å²) >= 11 is 0. The molecule has 0 radical (unpaired) electrons. The molecule has 0 saturated carbocycles. The number of aliphatic hydroxyl groups excluding tert-OH is 4. The average Bonchev–Trinajstić information content (AvgIpc) is 2.67. The van der Waals surface area contributed by atoms with Crippen LogP contribution in [0.15, 0.2) is 33.5 Å². The second kappa shape index (κ2) is 8.50. The zero-order valence-electron chi connectivity index (χ0n) is 15.7. The number of aliphatic hydroxyl groups is 4. The number of carboxylic acid groups (broad SMARTS) is 1. The van der Waals surface area contributed by atoms with Crippen LogP contribution < -0.4 is 10.4 Å². The van der Waals surface area contributed by atoms with Gasteiger partial charge in [0.05, 0.1) is 6.10 Å². The molecule has 0 unspecified atom stereocenters. The molecule has 2 heterocycles. The number of aliphatic carboxylic acids is 1. The van der Waals surface area contributed by atoms with Crippen LogP contribution in [0, 0.1) is 6.92 Å². The van der Waals surface area contributed by atoms with E-state index in [0.29, 0.717) is 10.9 Å². The third kappa shape index (κ3) is 4.35. The van der Waals surface area contributed by atoms with Crippen molar-refractivity contribution in [1.29, 1.82) is 0 Å². The van der Waals surface area contributed by atoms with Crippen LogP contribution in [0.25, 0.3) is 11.0 Å². The standard InChI is InChI=1S/C19H20O11/c1-7-4-13(22)29-12-5-8(2-3-9(7)12)28-19-11(21)6-10(20)17(30-19)15(24)14(23)16(25)18(26)27/h2-5,10,14-17,19-20,23-25H,6H2,1H3,(H,26,27)/t10-,14+,15-,16+,17+,19-/m1/s1. The van der Waals surface area contributed by atoms with Crippen molar-refractivity contribution in [3.63, 3.8) is 0 Å². The Morgan fingerprint density at radius 2 is 1.90 bits per heavy atom. The van der Waals surface area contributed by atoms with E-state index in [-0.39, 0.29) is 11.3 Å². The van der Waals surface area contributed by atoms with Crippen LogP contribution >= 0.6 is 0 Å². The number of ketones is 1. The van der Waals surface area contributed by atoms with Crippen molar-refractivity contribution < 1.29 is 49.0 Å². The van der Waals surface area contributed by atoms with Crippen molar-refractivity contribution in [2.45, 2.75) is 50.2 Å². The van der Waals surface area contributed by atoms with Crippen molar-refractivity contribution >= 4 is 22.7 Å². The molecule has 6 atom stereocenters. The molecule has 1 fully saturated rings. The van der Waals surface area contributed by atoms with E-state index in [1.54, 1.807) is 13.0 Å². The molecule has 1 aromatic carbocycles. The molecule has 5 N–H and O–H groups in total. The molecule has 1 saturated heterocycles. The first-order valence-corrected chi connectivity index (χ1v) is 8.93. The molecule has 0 amide bonds. The normalized spacial score (nSPS) is 25.0. The maximum absolute atomic E-state index is 12.2. The van der Waals surface area contributed by atoms with E-state index in [4.69, 9.17) is 19.0 Å². The molecule has 0 bridgehead atoms. The van der Waals surface area contributed by atoms with Gasteiger partial charge in [-0.25, -0.2) is 9.59 Å². The first-order valence-electron chi connectivity index (χ1n) is 8.93. The molecule has 30 heavy (non-hydrogen) atoms. The number of rotatable bonds is 6. The minimum Gasteiger partial charge on any atom is -0.479 e. The number of carboxylic acids is 1. The van der Waals surface area contributed by atoms with Gasteiger partial charge in [-0.15, -0.1) is 0 Å². The Morgan fingerprint density at radius 1 is 1.20 bits per heavy atom. The first kappa shape index (κ1) is 21.9. The van der Waals surface area contributed by atoms with Crippen LogP contribution in [0.5, 0.6) is 5.75 Å². The van der Waals surface area contributed by atoms with Gasteiger partial charge in [0.2, 0.25) is 5.78 Å². The van der Waals surface area contributed by atoms with E-state index >= 15 is 0 Å². The number of aryl methyl sites for hydroxylation is 1. The van der Waals surface area contributed by atoms with Crippen LogP contribution in [-0.4, -0.2) is 74.1 Å². The van der Waals surface area contributed by atoms with Crippen molar-refractivity contribution in [2.75, 3.05) is 0 Å². The quantitative estimate of drug-likeness (QED) is 0.347. The smallest absolute Gasteiger partial charge is 0.336 e. The molecule has 11 heteroatoms. The van der Waals surface area contributed by atoms with Gasteiger partial charge in [-0.2, -0.15) is 0 Å². The van der Waals surface area contributed by atoms with Crippen LogP contribution in [0.1, 0.15) is 12.0 Å². The molecule has 0 aliphatic carbocycles. The van der Waals surface area contributed by atoms with E-state index in [2.05, 4.69) is 0 Å². The number of benzene rings is 1. The number of hydrogen-bond acceptors (Lipinski definition) is 10. The third-order valence-electron chi connectivity index (χ3n) is 4.76. The maximum atomic E-state index is 12.2. The molecular formula is C19H20O11. The van der Waals surface area contributed by atoms with E-state index in [0.717, 1.165) is 0 Å². The largest absolute Gasteiger partial charge is 0.479 e. The minimum absolute atomic E-state index is 0.0883. The summed E-state index contributed by atoms with van der Waals surface area (Å²) in [7, 11) is 0. The highest BCUT2D eigenvalue weighted by molar-refractivity contribution is 5.84. The Hall–Kier alpha value is -2.83. The molecule has 1 aliphatic heterocycles. The van der Waals surface area contributed by atoms with Gasteiger partial charge in [0, 0.05) is 23.9 Å². The molecule has 3 rings (SSSR count). The van der Waals surface area contributed by atoms with Gasteiger partial charge < -0.3 is 39.4 Å². The summed E-state index contributed by atoms with van der Waals surface area (Å²) < 4.78 is 15.8. The third-order valence-corrected chi connectivity index (χ3v) is 4.76. The van der Waals surface area contributed by atoms with Crippen LogP contribution in [0.3, 0.4) is 0 Å². The monoisotopic (exact) mass is 424 g/mol. The zero-order chi connectivity index (χ0) is 22.2. The fourth-order valence-corrected chi connectivity index (χ4v) is 3.16. The topological polar surface area (TPSA) is 184 Å². The van der Waals surface area contributed by atoms with Gasteiger partial charge in [-0.1, -0.05) is 0 Å². The summed E-state index contributed by atoms with van der Waals surface area (Å²) in [5, 5.41) is 48.7. The summed E-state index contributed by atoms with van der Waals surface area (Å²) in [5.41, 5.74) is 0.312. The number of hydrogen-bond donors (Lipinski definition) is 5. The average molecular weight is 424 g/mol. The van der Waals surface area contributed by atoms with Crippen LogP contribution in [0.4, 0.5) is 0 Å². The fraction of sp³-hybridized carbons (Fsp3) is 0.421. The van der Waals surface area contributed by atoms with Gasteiger partial charge in [0.25, 0.3) is 6.29 Å². The van der Waals surface area contributed by atoms with Crippen molar-refractivity contribution in [3.05, 3.63) is 40.2 Å². The highest BCUT2D eigenvalue weighted by Crippen LogP contribution is 2.27. The van der Waals surface area contributed by atoms with E-state index in [1.807, 2.05) is 0 Å². The SMILES string of the molecule is Cc1cc(=O)oc2cc(O[C@@H]3O[C@H]([C@H](O)[C@H](O)[C@H](O)C(=O)O)[C@H](O)CC3=O)ccc12. The van der Waals surface area contributed by atoms with Crippen LogP contribution in [-0.2, 0) is 14.3 Å². The molecule has 162 valence electrons. The van der Waals surface area contributed by atoms with E-state index < -0.39 is 60.6 Å². The van der Waals surface area contributed by atoms with Crippen molar-refractivity contribution in [2.24, 2.45) is 0 Å². The Bertz CT molecular complexity index is 1010. The number of ether oxygens (including phenoxy) is 2. The highest BCUT2D eigenvalue weighted by Gasteiger charge is 2.45. The summed E-state index contributed by atoms with van der Waals surface area (Å²) in [6.07, 6.45) is -11.8. The Balaban J connectivity index is 1.80. The van der Waals surface area contributed by atoms with Crippen molar-refractivity contribution in [3.8, 4) is 5.75 Å². The summed E-state index contributed by atoms with van der Waals surface area (Å²) in [5.74, 6) is -2.38. The molecule has 1 aromatic heterocycles. The molecule has 0 spiro atoms. The van der Waals surface area contributed by atoms with Gasteiger partial charge >= 0.3 is 11.6 Å². The van der Waals surface area contributed by atoms with Gasteiger partial charge in [0.1, 0.15) is 29.6 Å². The Labute approximate surface area is 168 Å². The number of carbonyl (C=O) groups is 2. The molecule has 11 nitrogen and oxygen atoms in total. The zero-order valence-corrected chi connectivity index (χ0v) is 15.7. The van der Waals surface area contributed by atoms with E-state index in [1.165, 1.54) is 18.2 Å². The Kier molecular flexibility index (Phi) is 6.19. The molecule has 2 aromatic rings. The van der Waals surface area contributed by atoms with Crippen molar-refractivity contribution in [1.82, 2.24) is 0 Å². The second-order valence-corrected chi connectivity index (χ2v) is 6.96. The number of Topliss-reactive ketones (excluding diaryl/α,β-unsaturated/α-hetero) is 1. The van der Waals surface area contributed by atoms with Gasteiger partial charge in [0.15, 0.2) is 6.10 Å². The lowest BCUT2D eigenvalue weighted by Gasteiger charge is -2.37. The van der Waals surface area contributed by atoms with Gasteiger partial charge in [-0.05, 0) is 24.6 Å². The maximum Gasteiger partial charge on any atom is 0.336 e. The lowest BCUT2D eigenvalue weighted by Crippen LogP contribution is -2.57. The minimum atomic E-state index is -2.33. The van der Waals surface area contributed by atoms with Crippen LogP contribution in [0.2, 0.25) is 0 Å².